The van der Waals surface area contributed by atoms with Crippen molar-refractivity contribution in [1.82, 2.24) is 5.32 Å². The van der Waals surface area contributed by atoms with Crippen LogP contribution < -0.4 is 5.32 Å². The molecule has 1 N–H and O–H groups in total. The van der Waals surface area contributed by atoms with Gasteiger partial charge in [-0.2, -0.15) is 13.2 Å². The minimum absolute atomic E-state index is 0.210. The van der Waals surface area contributed by atoms with Gasteiger partial charge in [-0.15, -0.1) is 0 Å². The summed E-state index contributed by atoms with van der Waals surface area (Å²) < 4.78 is 40.7. The van der Waals surface area contributed by atoms with E-state index in [0.29, 0.717) is 17.9 Å². The summed E-state index contributed by atoms with van der Waals surface area (Å²) in [4.78, 5) is 0. The van der Waals surface area contributed by atoms with Crippen LogP contribution in [0.5, 0.6) is 0 Å². The molecule has 114 valence electrons. The number of ether oxygens (including phenoxy) is 1. The van der Waals surface area contributed by atoms with Gasteiger partial charge in [0.2, 0.25) is 0 Å². The zero-order valence-corrected chi connectivity index (χ0v) is 11.9. The normalized spacial score (nSPS) is 28.6. The van der Waals surface area contributed by atoms with Gasteiger partial charge in [-0.25, -0.2) is 0 Å². The minimum atomic E-state index is -4.21. The first kappa shape index (κ1) is 16.8. The molecule has 5 heteroatoms. The topological polar surface area (TPSA) is 21.3 Å². The highest BCUT2D eigenvalue weighted by Crippen LogP contribution is 2.31. The molecular weight excluding hydrogens is 255 g/mol. The fourth-order valence-corrected chi connectivity index (χ4v) is 2.84. The Bertz CT molecular complexity index is 243. The number of halogens is 3. The Morgan fingerprint density at radius 3 is 2.63 bits per heavy atom. The first-order valence-electron chi connectivity index (χ1n) is 7.30. The lowest BCUT2D eigenvalue weighted by atomic mass is 9.77. The molecule has 1 rings (SSSR count). The molecule has 3 unspecified atom stereocenters. The molecule has 0 bridgehead atoms. The average molecular weight is 281 g/mol. The van der Waals surface area contributed by atoms with E-state index in [4.69, 9.17) is 4.74 Å². The van der Waals surface area contributed by atoms with Crippen LogP contribution in [0.4, 0.5) is 13.2 Å². The van der Waals surface area contributed by atoms with Crippen LogP contribution in [0.25, 0.3) is 0 Å². The van der Waals surface area contributed by atoms with E-state index < -0.39 is 12.8 Å². The van der Waals surface area contributed by atoms with Crippen LogP contribution in [0, 0.1) is 11.8 Å². The molecule has 0 amide bonds. The van der Waals surface area contributed by atoms with Crippen LogP contribution in [-0.4, -0.2) is 32.0 Å². The Kier molecular flexibility index (Phi) is 7.15. The summed E-state index contributed by atoms with van der Waals surface area (Å²) in [7, 11) is 0. The van der Waals surface area contributed by atoms with Crippen LogP contribution in [0.3, 0.4) is 0 Å². The van der Waals surface area contributed by atoms with E-state index in [1.54, 1.807) is 0 Å². The van der Waals surface area contributed by atoms with E-state index >= 15 is 0 Å². The van der Waals surface area contributed by atoms with Crippen molar-refractivity contribution in [2.24, 2.45) is 11.8 Å². The summed E-state index contributed by atoms with van der Waals surface area (Å²) in [6.07, 6.45) is 1.04. The maximum Gasteiger partial charge on any atom is 0.411 e. The predicted octanol–water partition coefficient (Wildman–Crippen LogP) is 3.76. The number of hydrogen-bond donors (Lipinski definition) is 1. The van der Waals surface area contributed by atoms with Crippen molar-refractivity contribution in [3.8, 4) is 0 Å². The van der Waals surface area contributed by atoms with Gasteiger partial charge in [-0.05, 0) is 50.5 Å². The van der Waals surface area contributed by atoms with Crippen LogP contribution >= 0.6 is 0 Å². The number of hydrogen-bond acceptors (Lipinski definition) is 2. The first-order chi connectivity index (χ1) is 8.92. The van der Waals surface area contributed by atoms with E-state index in [9.17, 15) is 13.2 Å². The Morgan fingerprint density at radius 2 is 2.00 bits per heavy atom. The van der Waals surface area contributed by atoms with Crippen molar-refractivity contribution >= 4 is 0 Å². The van der Waals surface area contributed by atoms with E-state index in [1.165, 1.54) is 6.42 Å². The summed E-state index contributed by atoms with van der Waals surface area (Å²) >= 11 is 0. The van der Waals surface area contributed by atoms with Crippen LogP contribution in [-0.2, 0) is 4.74 Å². The molecule has 19 heavy (non-hydrogen) atoms. The third-order valence-electron chi connectivity index (χ3n) is 3.80. The van der Waals surface area contributed by atoms with Gasteiger partial charge in [0.15, 0.2) is 0 Å². The second-order valence-corrected chi connectivity index (χ2v) is 5.70. The third kappa shape index (κ3) is 7.16. The molecule has 2 nitrogen and oxygen atoms in total. The minimum Gasteiger partial charge on any atom is -0.372 e. The van der Waals surface area contributed by atoms with E-state index in [1.807, 2.05) is 0 Å². The molecule has 0 saturated heterocycles. The molecule has 0 aromatic rings. The van der Waals surface area contributed by atoms with Crippen LogP contribution in [0.1, 0.15) is 46.0 Å². The van der Waals surface area contributed by atoms with E-state index in [2.05, 4.69) is 19.2 Å². The number of nitrogens with one attached hydrogen (secondary N) is 1. The summed E-state index contributed by atoms with van der Waals surface area (Å²) in [5.41, 5.74) is 0. The Morgan fingerprint density at radius 1 is 1.26 bits per heavy atom. The largest absolute Gasteiger partial charge is 0.411 e. The molecule has 1 aliphatic rings. The lowest BCUT2D eigenvalue weighted by Crippen LogP contribution is -2.41. The highest BCUT2D eigenvalue weighted by Gasteiger charge is 2.30. The fourth-order valence-electron chi connectivity index (χ4n) is 2.84. The van der Waals surface area contributed by atoms with Crippen LogP contribution in [0.15, 0.2) is 0 Å². The molecule has 0 aromatic carbocycles. The Hall–Kier alpha value is -0.290. The van der Waals surface area contributed by atoms with Gasteiger partial charge in [0.25, 0.3) is 0 Å². The van der Waals surface area contributed by atoms with E-state index in [-0.39, 0.29) is 6.61 Å². The average Bonchev–Trinajstić information content (AvgIpc) is 2.32. The van der Waals surface area contributed by atoms with Crippen molar-refractivity contribution in [2.75, 3.05) is 19.8 Å². The smallest absolute Gasteiger partial charge is 0.372 e. The van der Waals surface area contributed by atoms with Gasteiger partial charge in [0.1, 0.15) is 6.61 Å². The lowest BCUT2D eigenvalue weighted by Gasteiger charge is -2.35. The van der Waals surface area contributed by atoms with Crippen LogP contribution in [0.2, 0.25) is 0 Å². The van der Waals surface area contributed by atoms with Gasteiger partial charge >= 0.3 is 6.18 Å². The monoisotopic (exact) mass is 281 g/mol. The van der Waals surface area contributed by atoms with Crippen molar-refractivity contribution in [3.05, 3.63) is 0 Å². The Labute approximate surface area is 114 Å². The summed E-state index contributed by atoms with van der Waals surface area (Å²) in [5, 5.41) is 3.52. The maximum atomic E-state index is 12.0. The molecule has 3 atom stereocenters. The van der Waals surface area contributed by atoms with Crippen molar-refractivity contribution in [3.63, 3.8) is 0 Å². The molecule has 1 fully saturated rings. The zero-order valence-electron chi connectivity index (χ0n) is 11.9. The van der Waals surface area contributed by atoms with Crippen molar-refractivity contribution in [1.29, 1.82) is 0 Å². The highest BCUT2D eigenvalue weighted by molar-refractivity contribution is 4.83. The standard InChI is InChI=1S/C14H26F3NO/c1-3-7-18-13-5-4-11(2)9-12(13)6-8-19-10-14(15,16)17/h11-13,18H,3-10H2,1-2H3. The summed E-state index contributed by atoms with van der Waals surface area (Å²) in [6.45, 7) is 4.42. The third-order valence-corrected chi connectivity index (χ3v) is 3.80. The van der Waals surface area contributed by atoms with Gasteiger partial charge in [0.05, 0.1) is 0 Å². The molecule has 0 heterocycles. The Balaban J connectivity index is 2.29. The quantitative estimate of drug-likeness (QED) is 0.717. The molecular formula is C14H26F3NO. The number of rotatable bonds is 7. The zero-order chi connectivity index (χ0) is 14.3. The van der Waals surface area contributed by atoms with Gasteiger partial charge < -0.3 is 10.1 Å². The lowest BCUT2D eigenvalue weighted by molar-refractivity contribution is -0.174. The SMILES string of the molecule is CCCNC1CCC(C)CC1CCOCC(F)(F)F. The molecule has 0 aliphatic heterocycles. The highest BCUT2D eigenvalue weighted by atomic mass is 19.4. The van der Waals surface area contributed by atoms with Gasteiger partial charge in [0, 0.05) is 12.6 Å². The fraction of sp³-hybridized carbons (Fsp3) is 1.00. The first-order valence-corrected chi connectivity index (χ1v) is 7.30. The van der Waals surface area contributed by atoms with Gasteiger partial charge in [-0.1, -0.05) is 13.8 Å². The summed E-state index contributed by atoms with van der Waals surface area (Å²) in [6, 6.07) is 0.450. The van der Waals surface area contributed by atoms with E-state index in [0.717, 1.165) is 32.2 Å². The van der Waals surface area contributed by atoms with Crippen molar-refractivity contribution in [2.45, 2.75) is 58.2 Å². The molecule has 1 aliphatic carbocycles. The molecule has 1 saturated carbocycles. The molecule has 0 spiro atoms. The second-order valence-electron chi connectivity index (χ2n) is 5.70. The predicted molar refractivity (Wildman–Crippen MR) is 70.1 cm³/mol. The second kappa shape index (κ2) is 8.10. The van der Waals surface area contributed by atoms with Gasteiger partial charge in [-0.3, -0.25) is 0 Å². The van der Waals surface area contributed by atoms with Crippen molar-refractivity contribution < 1.29 is 17.9 Å². The number of alkyl halides is 3. The summed E-state index contributed by atoms with van der Waals surface area (Å²) in [5.74, 6) is 1.12. The molecule has 0 radical (unpaired) electrons. The molecule has 0 aromatic heterocycles. The maximum absolute atomic E-state index is 12.0.